The monoisotopic (exact) mass is 537 g/mol. The summed E-state index contributed by atoms with van der Waals surface area (Å²) < 4.78 is 37.4. The average Bonchev–Trinajstić information content (AvgIpc) is 2.60. The molecular weight excluding hydrogens is 502 g/mol. The number of rotatable bonds is 10. The van der Waals surface area contributed by atoms with Crippen LogP contribution in [0.1, 0.15) is 62.3 Å². The maximum atomic E-state index is 13.1. The van der Waals surface area contributed by atoms with E-state index < -0.39 is 27.8 Å². The van der Waals surface area contributed by atoms with Gasteiger partial charge in [-0.15, -0.1) is 0 Å². The molecule has 0 N–H and O–H groups in total. The van der Waals surface area contributed by atoms with Crippen molar-refractivity contribution in [3.05, 3.63) is 26.7 Å². The molecule has 0 aliphatic carbocycles. The van der Waals surface area contributed by atoms with Crippen molar-refractivity contribution in [2.45, 2.75) is 88.6 Å². The van der Waals surface area contributed by atoms with Crippen LogP contribution in [0.2, 0.25) is 16.6 Å². The number of ether oxygens (including phenoxy) is 1. The zero-order valence-electron chi connectivity index (χ0n) is 20.0. The minimum absolute atomic E-state index is 0.0284. The van der Waals surface area contributed by atoms with E-state index in [0.29, 0.717) is 23.2 Å². The maximum Gasteiger partial charge on any atom is 0.287 e. The van der Waals surface area contributed by atoms with E-state index >= 15 is 0 Å². The molecule has 0 unspecified atom stereocenters. The highest BCUT2D eigenvalue weighted by Crippen LogP contribution is 2.42. The summed E-state index contributed by atoms with van der Waals surface area (Å²) in [6, 6.07) is 2.42. The second-order valence-corrected chi connectivity index (χ2v) is 18.6. The topological polar surface area (TPSA) is 95.7 Å². The summed E-state index contributed by atoms with van der Waals surface area (Å²) in [6.07, 6.45) is 0. The van der Waals surface area contributed by atoms with Gasteiger partial charge in [-0.1, -0.05) is 41.5 Å². The van der Waals surface area contributed by atoms with Gasteiger partial charge in [0.1, 0.15) is 17.3 Å². The molecule has 7 nitrogen and oxygen atoms in total. The lowest BCUT2D eigenvalue weighted by molar-refractivity contribution is -0.385. The summed E-state index contributed by atoms with van der Waals surface area (Å²) >= 11 is 3.12. The molecule has 0 radical (unpaired) electrons. The van der Waals surface area contributed by atoms with Gasteiger partial charge in [0.2, 0.25) is 0 Å². The second kappa shape index (κ2) is 10.3. The van der Waals surface area contributed by atoms with Crippen LogP contribution >= 0.6 is 15.9 Å². The van der Waals surface area contributed by atoms with Crippen molar-refractivity contribution >= 4 is 39.8 Å². The SMILES string of the molecule is CC(C)[Si](OCCOc1cc([N+](=O)[O-])c(Br)cc1S(=O)(=O)C(C)(C)C)(C(C)C)C(C)C. The zero-order valence-corrected chi connectivity index (χ0v) is 23.4. The van der Waals surface area contributed by atoms with E-state index in [2.05, 4.69) is 57.5 Å². The molecule has 0 amide bonds. The number of halogens is 1. The zero-order chi connectivity index (χ0) is 24.4. The highest BCUT2D eigenvalue weighted by atomic mass is 79.9. The van der Waals surface area contributed by atoms with Crippen LogP contribution in [-0.4, -0.2) is 39.6 Å². The molecule has 10 heteroatoms. The van der Waals surface area contributed by atoms with E-state index in [1.807, 2.05) is 0 Å². The first-order valence-corrected chi connectivity index (χ1v) is 14.9. The molecule has 0 bridgehead atoms. The summed E-state index contributed by atoms with van der Waals surface area (Å²) in [5.74, 6) is -0.0284. The summed E-state index contributed by atoms with van der Waals surface area (Å²) in [4.78, 5) is 10.7. The highest BCUT2D eigenvalue weighted by molar-refractivity contribution is 9.10. The summed E-state index contributed by atoms with van der Waals surface area (Å²) in [7, 11) is -5.89. The van der Waals surface area contributed by atoms with Crippen molar-refractivity contribution in [2.24, 2.45) is 0 Å². The Bertz CT molecular complexity index is 872. The first-order valence-electron chi connectivity index (χ1n) is 10.5. The predicted molar refractivity (Wildman–Crippen MR) is 130 cm³/mol. The molecule has 0 aliphatic rings. The molecular formula is C21H36BrNO6SSi. The minimum Gasteiger partial charge on any atom is -0.490 e. The number of hydrogen-bond donors (Lipinski definition) is 0. The van der Waals surface area contributed by atoms with E-state index in [0.717, 1.165) is 0 Å². The Morgan fingerprint density at radius 1 is 1.03 bits per heavy atom. The molecule has 0 atom stereocenters. The van der Waals surface area contributed by atoms with Gasteiger partial charge in [-0.05, 0) is 59.4 Å². The van der Waals surface area contributed by atoms with Crippen LogP contribution in [-0.2, 0) is 14.3 Å². The first-order chi connectivity index (χ1) is 14.0. The lowest BCUT2D eigenvalue weighted by Crippen LogP contribution is -2.48. The molecule has 0 heterocycles. The molecule has 31 heavy (non-hydrogen) atoms. The van der Waals surface area contributed by atoms with Gasteiger partial charge in [0, 0.05) is 0 Å². The van der Waals surface area contributed by atoms with Crippen molar-refractivity contribution in [1.82, 2.24) is 0 Å². The molecule has 1 aromatic carbocycles. The summed E-state index contributed by atoms with van der Waals surface area (Å²) in [6.45, 7) is 18.2. The normalized spacial score (nSPS) is 13.3. The fourth-order valence-electron chi connectivity index (χ4n) is 4.19. The van der Waals surface area contributed by atoms with Gasteiger partial charge in [-0.3, -0.25) is 10.1 Å². The molecule has 0 saturated carbocycles. The Labute approximate surface area is 196 Å². The molecule has 1 aromatic rings. The van der Waals surface area contributed by atoms with Gasteiger partial charge in [-0.2, -0.15) is 0 Å². The van der Waals surface area contributed by atoms with Gasteiger partial charge in [-0.25, -0.2) is 8.42 Å². The molecule has 1 rings (SSSR count). The number of nitro groups is 1. The highest BCUT2D eigenvalue weighted by Gasteiger charge is 2.45. The number of sulfone groups is 1. The Morgan fingerprint density at radius 2 is 1.52 bits per heavy atom. The quantitative estimate of drug-likeness (QED) is 0.146. The predicted octanol–water partition coefficient (Wildman–Crippen LogP) is 6.50. The van der Waals surface area contributed by atoms with Crippen molar-refractivity contribution in [1.29, 1.82) is 0 Å². The van der Waals surface area contributed by atoms with Crippen molar-refractivity contribution in [3.8, 4) is 5.75 Å². The molecule has 0 spiro atoms. The number of benzene rings is 1. The van der Waals surface area contributed by atoms with Crippen LogP contribution in [0.5, 0.6) is 5.75 Å². The van der Waals surface area contributed by atoms with Crippen LogP contribution in [0.4, 0.5) is 5.69 Å². The van der Waals surface area contributed by atoms with E-state index in [4.69, 9.17) is 9.16 Å². The largest absolute Gasteiger partial charge is 0.490 e. The fourth-order valence-corrected chi connectivity index (χ4v) is 11.6. The standard InChI is InChI=1S/C21H36BrNO6SSi/c1-14(2)31(15(3)4,16(5)6)29-11-10-28-19-13-18(23(24)25)17(22)12-20(19)30(26,27)21(7,8)9/h12-16H,10-11H2,1-9H3. The number of hydrogen-bond acceptors (Lipinski definition) is 6. The Morgan fingerprint density at radius 3 is 1.90 bits per heavy atom. The van der Waals surface area contributed by atoms with Crippen molar-refractivity contribution in [3.63, 3.8) is 0 Å². The Balaban J connectivity index is 3.26. The molecule has 0 saturated heterocycles. The third kappa shape index (κ3) is 5.88. The Hall–Kier alpha value is -0.973. The second-order valence-electron chi connectivity index (χ2n) is 9.64. The van der Waals surface area contributed by atoms with Crippen molar-refractivity contribution < 1.29 is 22.5 Å². The maximum absolute atomic E-state index is 13.1. The average molecular weight is 539 g/mol. The summed E-state index contributed by atoms with van der Waals surface area (Å²) in [5, 5.41) is 11.4. The van der Waals surface area contributed by atoms with Crippen LogP contribution in [0.15, 0.2) is 21.5 Å². The van der Waals surface area contributed by atoms with Gasteiger partial charge in [0.25, 0.3) is 5.69 Å². The third-order valence-electron chi connectivity index (χ3n) is 5.71. The summed E-state index contributed by atoms with van der Waals surface area (Å²) in [5.41, 5.74) is 0.952. The van der Waals surface area contributed by atoms with Crippen LogP contribution in [0.25, 0.3) is 0 Å². The van der Waals surface area contributed by atoms with Crippen LogP contribution in [0, 0.1) is 10.1 Å². The van der Waals surface area contributed by atoms with Gasteiger partial charge < -0.3 is 9.16 Å². The number of nitrogens with zero attached hydrogens (tertiary/aromatic N) is 1. The molecule has 0 aromatic heterocycles. The lowest BCUT2D eigenvalue weighted by Gasteiger charge is -2.42. The third-order valence-corrected chi connectivity index (χ3v) is 15.0. The number of nitro benzene ring substituents is 1. The van der Waals surface area contributed by atoms with Crippen LogP contribution in [0.3, 0.4) is 0 Å². The molecule has 178 valence electrons. The van der Waals surface area contributed by atoms with Crippen molar-refractivity contribution in [2.75, 3.05) is 13.2 Å². The molecule has 0 fully saturated rings. The van der Waals surface area contributed by atoms with E-state index in [1.54, 1.807) is 20.8 Å². The van der Waals surface area contributed by atoms with Gasteiger partial charge in [0.05, 0.1) is 26.8 Å². The molecule has 0 aliphatic heterocycles. The smallest absolute Gasteiger partial charge is 0.287 e. The lowest BCUT2D eigenvalue weighted by atomic mass is 10.3. The fraction of sp³-hybridized carbons (Fsp3) is 0.714. The van der Waals surface area contributed by atoms with E-state index in [1.165, 1.54) is 12.1 Å². The minimum atomic E-state index is -3.79. The first kappa shape index (κ1) is 28.1. The van der Waals surface area contributed by atoms with E-state index in [9.17, 15) is 18.5 Å². The Kier molecular flexibility index (Phi) is 9.33. The van der Waals surface area contributed by atoms with Crippen LogP contribution < -0.4 is 4.74 Å². The van der Waals surface area contributed by atoms with E-state index in [-0.39, 0.29) is 27.4 Å². The van der Waals surface area contributed by atoms with Gasteiger partial charge >= 0.3 is 0 Å². The van der Waals surface area contributed by atoms with Gasteiger partial charge in [0.15, 0.2) is 18.2 Å².